The molecule has 0 unspecified atom stereocenters. The first-order chi connectivity index (χ1) is 9.97. The van der Waals surface area contributed by atoms with E-state index in [4.69, 9.17) is 11.6 Å². The Morgan fingerprint density at radius 1 is 1.14 bits per heavy atom. The minimum atomic E-state index is -1.27. The molecule has 0 N–H and O–H groups in total. The Morgan fingerprint density at radius 3 is 2.38 bits per heavy atom. The molecule has 5 heteroatoms. The standard InChI is InChI=1S/C16H12BrClO3/c17-12-3-1-2-11(8-12)14(16(20)21)9-15(19)10-4-6-13(18)7-5-10/h1-8,14H,9H2,(H,20,21)/p-1/t14-/m0/s1. The summed E-state index contributed by atoms with van der Waals surface area (Å²) in [6.45, 7) is 0. The molecule has 0 radical (unpaired) electrons. The van der Waals surface area contributed by atoms with Gasteiger partial charge in [-0.2, -0.15) is 0 Å². The van der Waals surface area contributed by atoms with Crippen molar-refractivity contribution < 1.29 is 14.7 Å². The van der Waals surface area contributed by atoms with Crippen LogP contribution in [0.5, 0.6) is 0 Å². The fourth-order valence-electron chi connectivity index (χ4n) is 2.00. The lowest BCUT2D eigenvalue weighted by Gasteiger charge is -2.18. The first kappa shape index (κ1) is 15.7. The van der Waals surface area contributed by atoms with Crippen molar-refractivity contribution in [1.29, 1.82) is 0 Å². The number of ketones is 1. The van der Waals surface area contributed by atoms with E-state index in [9.17, 15) is 14.7 Å². The second kappa shape index (κ2) is 6.87. The number of hydrogen-bond acceptors (Lipinski definition) is 3. The predicted octanol–water partition coefficient (Wildman–Crippen LogP) is 3.21. The number of carbonyl (C=O) groups is 2. The second-order valence-electron chi connectivity index (χ2n) is 4.56. The monoisotopic (exact) mass is 365 g/mol. The molecule has 0 saturated heterocycles. The van der Waals surface area contributed by atoms with Crippen molar-refractivity contribution in [2.45, 2.75) is 12.3 Å². The number of halogens is 2. The highest BCUT2D eigenvalue weighted by Crippen LogP contribution is 2.24. The van der Waals surface area contributed by atoms with E-state index >= 15 is 0 Å². The van der Waals surface area contributed by atoms with Crippen LogP contribution in [0.2, 0.25) is 5.02 Å². The highest BCUT2D eigenvalue weighted by molar-refractivity contribution is 9.10. The first-order valence-electron chi connectivity index (χ1n) is 6.22. The van der Waals surface area contributed by atoms with E-state index in [1.807, 2.05) is 0 Å². The molecule has 2 rings (SSSR count). The van der Waals surface area contributed by atoms with Gasteiger partial charge in [-0.3, -0.25) is 4.79 Å². The van der Waals surface area contributed by atoms with Gasteiger partial charge >= 0.3 is 0 Å². The zero-order valence-corrected chi connectivity index (χ0v) is 13.2. The summed E-state index contributed by atoms with van der Waals surface area (Å²) in [7, 11) is 0. The van der Waals surface area contributed by atoms with Crippen molar-refractivity contribution in [3.63, 3.8) is 0 Å². The maximum Gasteiger partial charge on any atom is 0.163 e. The molecule has 2 aromatic carbocycles. The Labute approximate surface area is 135 Å². The molecular formula is C16H11BrClO3-. The zero-order chi connectivity index (χ0) is 15.4. The van der Waals surface area contributed by atoms with E-state index in [0.717, 1.165) is 4.47 Å². The summed E-state index contributed by atoms with van der Waals surface area (Å²) in [5, 5.41) is 11.9. The van der Waals surface area contributed by atoms with Crippen molar-refractivity contribution in [3.05, 3.63) is 69.2 Å². The number of aliphatic carboxylic acids is 1. The fraction of sp³-hybridized carbons (Fsp3) is 0.125. The third-order valence-corrected chi connectivity index (χ3v) is 3.84. The van der Waals surface area contributed by atoms with Gasteiger partial charge in [0.25, 0.3) is 0 Å². The number of Topliss-reactive ketones (excluding diaryl/α,β-unsaturated/α-hetero) is 1. The van der Waals surface area contributed by atoms with Gasteiger partial charge in [-0.25, -0.2) is 0 Å². The lowest BCUT2D eigenvalue weighted by atomic mass is 9.92. The molecule has 0 amide bonds. The number of benzene rings is 2. The molecule has 1 atom stereocenters. The molecule has 0 aliphatic rings. The second-order valence-corrected chi connectivity index (χ2v) is 5.91. The van der Waals surface area contributed by atoms with Crippen LogP contribution < -0.4 is 5.11 Å². The summed E-state index contributed by atoms with van der Waals surface area (Å²) in [6.07, 6.45) is -0.152. The Kier molecular flexibility index (Phi) is 5.15. The summed E-state index contributed by atoms with van der Waals surface area (Å²) in [4.78, 5) is 23.5. The number of carboxylic acid groups (broad SMARTS) is 1. The molecule has 0 saturated carbocycles. The average Bonchev–Trinajstić information content (AvgIpc) is 2.45. The topological polar surface area (TPSA) is 57.2 Å². The van der Waals surface area contributed by atoms with E-state index < -0.39 is 11.9 Å². The maximum absolute atomic E-state index is 12.2. The Balaban J connectivity index is 2.22. The molecule has 0 fully saturated rings. The van der Waals surface area contributed by atoms with Crippen molar-refractivity contribution in [3.8, 4) is 0 Å². The average molecular weight is 367 g/mol. The van der Waals surface area contributed by atoms with E-state index in [2.05, 4.69) is 15.9 Å². The van der Waals surface area contributed by atoms with Gasteiger partial charge in [-0.05, 0) is 42.0 Å². The summed E-state index contributed by atoms with van der Waals surface area (Å²) in [5.74, 6) is -2.51. The molecule has 2 aromatic rings. The molecule has 0 aromatic heterocycles. The molecular weight excluding hydrogens is 356 g/mol. The van der Waals surface area contributed by atoms with Crippen LogP contribution in [0.3, 0.4) is 0 Å². The minimum Gasteiger partial charge on any atom is -0.549 e. The van der Waals surface area contributed by atoms with Crippen LogP contribution in [0, 0.1) is 0 Å². The van der Waals surface area contributed by atoms with E-state index in [-0.39, 0.29) is 12.2 Å². The van der Waals surface area contributed by atoms with Gasteiger partial charge in [0.2, 0.25) is 0 Å². The maximum atomic E-state index is 12.2. The number of rotatable bonds is 5. The summed E-state index contributed by atoms with van der Waals surface area (Å²) < 4.78 is 0.755. The van der Waals surface area contributed by atoms with E-state index in [0.29, 0.717) is 16.1 Å². The van der Waals surface area contributed by atoms with E-state index in [1.165, 1.54) is 0 Å². The van der Waals surface area contributed by atoms with Crippen LogP contribution in [0.4, 0.5) is 0 Å². The van der Waals surface area contributed by atoms with Crippen molar-refractivity contribution in [2.75, 3.05) is 0 Å². The van der Waals surface area contributed by atoms with Crippen LogP contribution in [-0.2, 0) is 4.79 Å². The SMILES string of the molecule is O=C(C[C@H](C(=O)[O-])c1cccc(Br)c1)c1ccc(Cl)cc1. The summed E-state index contributed by atoms with van der Waals surface area (Å²) in [5.41, 5.74) is 0.965. The van der Waals surface area contributed by atoms with Gasteiger partial charge in [0.05, 0.1) is 0 Å². The zero-order valence-electron chi connectivity index (χ0n) is 10.9. The van der Waals surface area contributed by atoms with E-state index in [1.54, 1.807) is 48.5 Å². The van der Waals surface area contributed by atoms with Gasteiger partial charge in [-0.1, -0.05) is 39.7 Å². The predicted molar refractivity (Wildman–Crippen MR) is 82.3 cm³/mol. The smallest absolute Gasteiger partial charge is 0.163 e. The highest BCUT2D eigenvalue weighted by atomic mass is 79.9. The lowest BCUT2D eigenvalue weighted by Crippen LogP contribution is -2.31. The Hall–Kier alpha value is -1.65. The molecule has 0 bridgehead atoms. The van der Waals surface area contributed by atoms with Gasteiger partial charge < -0.3 is 9.90 Å². The molecule has 3 nitrogen and oxygen atoms in total. The van der Waals surface area contributed by atoms with Gasteiger partial charge in [-0.15, -0.1) is 0 Å². The van der Waals surface area contributed by atoms with Crippen molar-refractivity contribution in [1.82, 2.24) is 0 Å². The third kappa shape index (κ3) is 4.16. The van der Waals surface area contributed by atoms with Gasteiger partial charge in [0.15, 0.2) is 5.78 Å². The molecule has 108 valence electrons. The van der Waals surface area contributed by atoms with Crippen LogP contribution in [0.15, 0.2) is 53.0 Å². The largest absolute Gasteiger partial charge is 0.549 e. The summed E-state index contributed by atoms with van der Waals surface area (Å²) >= 11 is 9.05. The highest BCUT2D eigenvalue weighted by Gasteiger charge is 2.18. The number of carboxylic acids is 1. The Morgan fingerprint density at radius 2 is 1.81 bits per heavy atom. The molecule has 0 spiro atoms. The van der Waals surface area contributed by atoms with Gasteiger partial charge in [0.1, 0.15) is 0 Å². The number of carbonyl (C=O) groups excluding carboxylic acids is 2. The van der Waals surface area contributed by atoms with Crippen LogP contribution in [0.25, 0.3) is 0 Å². The molecule has 21 heavy (non-hydrogen) atoms. The summed E-state index contributed by atoms with van der Waals surface area (Å²) in [6, 6.07) is 13.2. The molecule has 0 aliphatic carbocycles. The third-order valence-electron chi connectivity index (χ3n) is 3.09. The van der Waals surface area contributed by atoms with Crippen molar-refractivity contribution >= 4 is 39.3 Å². The van der Waals surface area contributed by atoms with Crippen LogP contribution in [-0.4, -0.2) is 11.8 Å². The first-order valence-corrected chi connectivity index (χ1v) is 7.39. The van der Waals surface area contributed by atoms with Crippen LogP contribution >= 0.6 is 27.5 Å². The Bertz CT molecular complexity index is 667. The minimum absolute atomic E-state index is 0.152. The molecule has 0 aliphatic heterocycles. The molecule has 0 heterocycles. The van der Waals surface area contributed by atoms with Crippen molar-refractivity contribution in [2.24, 2.45) is 0 Å². The van der Waals surface area contributed by atoms with Crippen LogP contribution in [0.1, 0.15) is 28.3 Å². The quantitative estimate of drug-likeness (QED) is 0.764. The number of hydrogen-bond donors (Lipinski definition) is 0. The van der Waals surface area contributed by atoms with Gasteiger partial charge in [0, 0.05) is 33.4 Å². The normalized spacial score (nSPS) is 11.9. The lowest BCUT2D eigenvalue weighted by molar-refractivity contribution is -0.307. The fourth-order valence-corrected chi connectivity index (χ4v) is 2.54.